The molecule has 1 aromatic carbocycles. The van der Waals surface area contributed by atoms with E-state index in [4.69, 9.17) is 4.74 Å². The zero-order chi connectivity index (χ0) is 10.3. The Bertz CT molecular complexity index is 244. The first-order valence-corrected chi connectivity index (χ1v) is 4.17. The van der Waals surface area contributed by atoms with Gasteiger partial charge in [-0.15, -0.1) is 0 Å². The largest absolute Gasteiger partial charge is 0.496 e. The molecule has 2 nitrogen and oxygen atoms in total. The minimum absolute atomic E-state index is 0.972. The highest BCUT2D eigenvalue weighted by Gasteiger charge is 1.94. The minimum Gasteiger partial charge on any atom is -0.496 e. The summed E-state index contributed by atoms with van der Waals surface area (Å²) in [6.07, 6.45) is 0. The number of aryl methyl sites for hydroxylation is 2. The van der Waals surface area contributed by atoms with Gasteiger partial charge in [-0.05, 0) is 31.0 Å². The van der Waals surface area contributed by atoms with Crippen LogP contribution in [0.15, 0.2) is 18.2 Å². The van der Waals surface area contributed by atoms with Crippen LogP contribution in [0.2, 0.25) is 0 Å². The van der Waals surface area contributed by atoms with E-state index in [-0.39, 0.29) is 0 Å². The Morgan fingerprint density at radius 3 is 1.92 bits per heavy atom. The summed E-state index contributed by atoms with van der Waals surface area (Å²) in [5, 5.41) is 0. The van der Waals surface area contributed by atoms with E-state index in [2.05, 4.69) is 23.8 Å². The fraction of sp³-hybridized carbons (Fsp3) is 0.455. The first-order chi connectivity index (χ1) is 6.15. The molecule has 0 saturated carbocycles. The molecular formula is C11H18O2. The van der Waals surface area contributed by atoms with E-state index < -0.39 is 0 Å². The summed E-state index contributed by atoms with van der Waals surface area (Å²) in [6, 6.07) is 6.18. The molecule has 0 saturated heterocycles. The number of methoxy groups -OCH3 is 2. The van der Waals surface area contributed by atoms with E-state index in [1.54, 1.807) is 21.3 Å². The lowest BCUT2D eigenvalue weighted by atomic mass is 10.1. The second-order valence-electron chi connectivity index (χ2n) is 2.88. The maximum absolute atomic E-state index is 5.13. The molecule has 0 aromatic heterocycles. The van der Waals surface area contributed by atoms with Crippen molar-refractivity contribution in [1.29, 1.82) is 0 Å². The van der Waals surface area contributed by atoms with Crippen LogP contribution in [0.25, 0.3) is 0 Å². The summed E-state index contributed by atoms with van der Waals surface area (Å²) in [6.45, 7) is 4.10. The van der Waals surface area contributed by atoms with E-state index in [0.29, 0.717) is 0 Å². The Balaban J connectivity index is 0.000000424. The van der Waals surface area contributed by atoms with Gasteiger partial charge in [0.25, 0.3) is 0 Å². The van der Waals surface area contributed by atoms with E-state index in [9.17, 15) is 0 Å². The number of hydrogen-bond acceptors (Lipinski definition) is 2. The Morgan fingerprint density at radius 1 is 1.00 bits per heavy atom. The summed E-state index contributed by atoms with van der Waals surface area (Å²) in [5.41, 5.74) is 2.43. The lowest BCUT2D eigenvalue weighted by Crippen LogP contribution is -1.86. The molecule has 0 N–H and O–H groups in total. The highest BCUT2D eigenvalue weighted by molar-refractivity contribution is 5.35. The van der Waals surface area contributed by atoms with Gasteiger partial charge in [-0.25, -0.2) is 0 Å². The molecule has 0 atom stereocenters. The zero-order valence-electron chi connectivity index (χ0n) is 9.05. The Kier molecular flexibility index (Phi) is 5.98. The van der Waals surface area contributed by atoms with E-state index >= 15 is 0 Å². The third-order valence-electron chi connectivity index (χ3n) is 1.56. The maximum atomic E-state index is 5.13. The SMILES string of the molecule is COC.COc1cc(C)ccc1C. The Morgan fingerprint density at radius 2 is 1.54 bits per heavy atom. The van der Waals surface area contributed by atoms with Crippen molar-refractivity contribution in [2.24, 2.45) is 0 Å². The molecule has 1 aromatic rings. The lowest BCUT2D eigenvalue weighted by molar-refractivity contribution is 0.277. The van der Waals surface area contributed by atoms with Crippen molar-refractivity contribution in [3.05, 3.63) is 29.3 Å². The molecule has 0 amide bonds. The molecule has 0 aliphatic rings. The van der Waals surface area contributed by atoms with Crippen molar-refractivity contribution in [2.45, 2.75) is 13.8 Å². The molecule has 0 bridgehead atoms. The highest BCUT2D eigenvalue weighted by Crippen LogP contribution is 2.17. The van der Waals surface area contributed by atoms with Crippen molar-refractivity contribution in [3.63, 3.8) is 0 Å². The van der Waals surface area contributed by atoms with Gasteiger partial charge < -0.3 is 9.47 Å². The average molecular weight is 182 g/mol. The maximum Gasteiger partial charge on any atom is 0.122 e. The van der Waals surface area contributed by atoms with Crippen molar-refractivity contribution in [2.75, 3.05) is 21.3 Å². The molecule has 0 aliphatic carbocycles. The van der Waals surface area contributed by atoms with Gasteiger partial charge in [0.05, 0.1) is 7.11 Å². The van der Waals surface area contributed by atoms with E-state index in [1.165, 1.54) is 11.1 Å². The van der Waals surface area contributed by atoms with Gasteiger partial charge in [0, 0.05) is 14.2 Å². The smallest absolute Gasteiger partial charge is 0.122 e. The molecule has 0 radical (unpaired) electrons. The topological polar surface area (TPSA) is 18.5 Å². The fourth-order valence-corrected chi connectivity index (χ4v) is 0.927. The number of ether oxygens (including phenoxy) is 2. The van der Waals surface area contributed by atoms with Gasteiger partial charge in [-0.1, -0.05) is 12.1 Å². The van der Waals surface area contributed by atoms with Crippen LogP contribution in [0.3, 0.4) is 0 Å². The second kappa shape index (κ2) is 6.49. The Hall–Kier alpha value is -1.02. The summed E-state index contributed by atoms with van der Waals surface area (Å²) in [7, 11) is 4.95. The van der Waals surface area contributed by atoms with Crippen LogP contribution in [-0.4, -0.2) is 21.3 Å². The van der Waals surface area contributed by atoms with Gasteiger partial charge in [-0.2, -0.15) is 0 Å². The van der Waals surface area contributed by atoms with Gasteiger partial charge in [0.2, 0.25) is 0 Å². The lowest BCUT2D eigenvalue weighted by Gasteiger charge is -2.03. The molecule has 74 valence electrons. The predicted molar refractivity (Wildman–Crippen MR) is 55.4 cm³/mol. The number of benzene rings is 1. The third-order valence-corrected chi connectivity index (χ3v) is 1.56. The van der Waals surface area contributed by atoms with Gasteiger partial charge in [0.1, 0.15) is 5.75 Å². The predicted octanol–water partition coefficient (Wildman–Crippen LogP) is 2.57. The third kappa shape index (κ3) is 4.53. The minimum atomic E-state index is 0.972. The summed E-state index contributed by atoms with van der Waals surface area (Å²) < 4.78 is 9.38. The Labute approximate surface area is 80.5 Å². The van der Waals surface area contributed by atoms with Gasteiger partial charge in [-0.3, -0.25) is 0 Å². The monoisotopic (exact) mass is 182 g/mol. The van der Waals surface area contributed by atoms with Crippen LogP contribution in [0.5, 0.6) is 5.75 Å². The van der Waals surface area contributed by atoms with E-state index in [1.807, 2.05) is 13.0 Å². The molecular weight excluding hydrogens is 164 g/mol. The van der Waals surface area contributed by atoms with Crippen molar-refractivity contribution in [1.82, 2.24) is 0 Å². The normalized spacial score (nSPS) is 8.69. The van der Waals surface area contributed by atoms with Crippen molar-refractivity contribution < 1.29 is 9.47 Å². The zero-order valence-corrected chi connectivity index (χ0v) is 9.05. The summed E-state index contributed by atoms with van der Waals surface area (Å²) in [4.78, 5) is 0. The molecule has 0 spiro atoms. The molecule has 0 aliphatic heterocycles. The second-order valence-corrected chi connectivity index (χ2v) is 2.88. The van der Waals surface area contributed by atoms with Crippen LogP contribution in [-0.2, 0) is 4.74 Å². The van der Waals surface area contributed by atoms with Crippen molar-refractivity contribution >= 4 is 0 Å². The van der Waals surface area contributed by atoms with Crippen LogP contribution in [0.1, 0.15) is 11.1 Å². The number of rotatable bonds is 1. The first-order valence-electron chi connectivity index (χ1n) is 4.17. The molecule has 0 heterocycles. The fourth-order valence-electron chi connectivity index (χ4n) is 0.927. The molecule has 0 unspecified atom stereocenters. The number of hydrogen-bond donors (Lipinski definition) is 0. The molecule has 0 fully saturated rings. The highest BCUT2D eigenvalue weighted by atomic mass is 16.5. The van der Waals surface area contributed by atoms with E-state index in [0.717, 1.165) is 5.75 Å². The average Bonchev–Trinajstić information content (AvgIpc) is 2.10. The standard InChI is InChI=1S/C9H12O.C2H6O/c1-7-4-5-8(2)9(6-7)10-3;1-3-2/h4-6H,1-3H3;1-2H3. The summed E-state index contributed by atoms with van der Waals surface area (Å²) >= 11 is 0. The van der Waals surface area contributed by atoms with Crippen LogP contribution >= 0.6 is 0 Å². The summed E-state index contributed by atoms with van der Waals surface area (Å²) in [5.74, 6) is 0.972. The molecule has 2 heteroatoms. The first kappa shape index (κ1) is 12.0. The van der Waals surface area contributed by atoms with Crippen molar-refractivity contribution in [3.8, 4) is 5.75 Å². The molecule has 13 heavy (non-hydrogen) atoms. The van der Waals surface area contributed by atoms with Gasteiger partial charge >= 0.3 is 0 Å². The molecule has 1 rings (SSSR count). The quantitative estimate of drug-likeness (QED) is 0.664. The van der Waals surface area contributed by atoms with Crippen LogP contribution in [0, 0.1) is 13.8 Å². The van der Waals surface area contributed by atoms with Gasteiger partial charge in [0.15, 0.2) is 0 Å². The van der Waals surface area contributed by atoms with Crippen LogP contribution < -0.4 is 4.74 Å². The van der Waals surface area contributed by atoms with Crippen LogP contribution in [0.4, 0.5) is 0 Å².